The Bertz CT molecular complexity index is 1250. The van der Waals surface area contributed by atoms with Gasteiger partial charge in [-0.1, -0.05) is 54.1 Å². The molecule has 6 heteroatoms. The zero-order chi connectivity index (χ0) is 21.6. The summed E-state index contributed by atoms with van der Waals surface area (Å²) in [7, 11) is 0. The van der Waals surface area contributed by atoms with Crippen molar-refractivity contribution in [3.63, 3.8) is 0 Å². The molecule has 0 atom stereocenters. The van der Waals surface area contributed by atoms with Crippen LogP contribution in [0.4, 0.5) is 0 Å². The number of halogens is 1. The predicted molar refractivity (Wildman–Crippen MR) is 124 cm³/mol. The summed E-state index contributed by atoms with van der Waals surface area (Å²) < 4.78 is 5.92. The molecule has 4 aromatic rings. The van der Waals surface area contributed by atoms with E-state index in [1.807, 2.05) is 79.7 Å². The Morgan fingerprint density at radius 3 is 2.65 bits per heavy atom. The number of fused-ring (bicyclic) bond motifs is 1. The van der Waals surface area contributed by atoms with Gasteiger partial charge in [-0.15, -0.1) is 0 Å². The average Bonchev–Trinajstić information content (AvgIpc) is 2.78. The van der Waals surface area contributed by atoms with Gasteiger partial charge in [-0.2, -0.15) is 5.10 Å². The number of pyridine rings is 1. The minimum atomic E-state index is -0.294. The minimum absolute atomic E-state index is 0.294. The first-order valence-electron chi connectivity index (χ1n) is 9.76. The van der Waals surface area contributed by atoms with Crippen LogP contribution < -0.4 is 10.2 Å². The number of rotatable bonds is 6. The van der Waals surface area contributed by atoms with Crippen LogP contribution in [0.3, 0.4) is 0 Å². The fourth-order valence-corrected chi connectivity index (χ4v) is 3.30. The third-order valence-electron chi connectivity index (χ3n) is 4.69. The lowest BCUT2D eigenvalue weighted by molar-refractivity contribution is 0.0956. The molecule has 154 valence electrons. The van der Waals surface area contributed by atoms with Gasteiger partial charge in [-0.25, -0.2) is 5.43 Å². The van der Waals surface area contributed by atoms with Crippen LogP contribution in [-0.2, 0) is 6.61 Å². The Balaban J connectivity index is 1.47. The number of aromatic nitrogens is 1. The standard InChI is InChI=1S/C25H20ClN3O2/c1-17-14-22(21-7-3-4-8-23(21)28-17)25(30)29-27-15-19-6-2-5-9-24(19)31-16-18-10-12-20(26)13-11-18/h2-15H,16H2,1H3,(H,29,30)/b27-15+. The van der Waals surface area contributed by atoms with Gasteiger partial charge in [0.2, 0.25) is 0 Å². The second-order valence-electron chi connectivity index (χ2n) is 6.98. The molecule has 1 aromatic heterocycles. The molecular weight excluding hydrogens is 410 g/mol. The highest BCUT2D eigenvalue weighted by Crippen LogP contribution is 2.20. The largest absolute Gasteiger partial charge is 0.488 e. The molecule has 31 heavy (non-hydrogen) atoms. The van der Waals surface area contributed by atoms with E-state index in [0.29, 0.717) is 22.9 Å². The number of hydrogen-bond donors (Lipinski definition) is 1. The van der Waals surface area contributed by atoms with E-state index in [0.717, 1.165) is 27.7 Å². The molecule has 3 aromatic carbocycles. The monoisotopic (exact) mass is 429 g/mol. The van der Waals surface area contributed by atoms with Crippen molar-refractivity contribution >= 4 is 34.6 Å². The quantitative estimate of drug-likeness (QED) is 0.323. The smallest absolute Gasteiger partial charge is 0.272 e. The molecule has 4 rings (SSSR count). The number of hydrogen-bond acceptors (Lipinski definition) is 4. The number of ether oxygens (including phenoxy) is 1. The molecule has 5 nitrogen and oxygen atoms in total. The Labute approximate surface area is 185 Å². The topological polar surface area (TPSA) is 63.6 Å². The fraction of sp³-hybridized carbons (Fsp3) is 0.0800. The Kier molecular flexibility index (Phi) is 6.24. The maximum atomic E-state index is 12.7. The van der Waals surface area contributed by atoms with Crippen LogP contribution in [-0.4, -0.2) is 17.1 Å². The van der Waals surface area contributed by atoms with E-state index < -0.39 is 0 Å². The van der Waals surface area contributed by atoms with Gasteiger partial charge in [-0.3, -0.25) is 9.78 Å². The van der Waals surface area contributed by atoms with Crippen LogP contribution in [0.5, 0.6) is 5.75 Å². The Morgan fingerprint density at radius 2 is 1.81 bits per heavy atom. The van der Waals surface area contributed by atoms with E-state index in [9.17, 15) is 4.79 Å². The highest BCUT2D eigenvalue weighted by molar-refractivity contribution is 6.30. The summed E-state index contributed by atoms with van der Waals surface area (Å²) in [6.07, 6.45) is 1.57. The van der Waals surface area contributed by atoms with Crippen molar-refractivity contribution in [1.82, 2.24) is 10.4 Å². The van der Waals surface area contributed by atoms with E-state index >= 15 is 0 Å². The Hall–Kier alpha value is -3.70. The van der Waals surface area contributed by atoms with Gasteiger partial charge >= 0.3 is 0 Å². The summed E-state index contributed by atoms with van der Waals surface area (Å²) in [6, 6.07) is 24.3. The number of nitrogens with one attached hydrogen (secondary N) is 1. The summed E-state index contributed by atoms with van der Waals surface area (Å²) in [5, 5.41) is 5.61. The highest BCUT2D eigenvalue weighted by Gasteiger charge is 2.11. The molecule has 0 aliphatic carbocycles. The number of hydrazone groups is 1. The second kappa shape index (κ2) is 9.41. The van der Waals surface area contributed by atoms with Gasteiger partial charge in [0.1, 0.15) is 12.4 Å². The lowest BCUT2D eigenvalue weighted by atomic mass is 10.1. The zero-order valence-corrected chi connectivity index (χ0v) is 17.6. The molecule has 0 saturated heterocycles. The number of nitrogens with zero attached hydrogens (tertiary/aromatic N) is 2. The summed E-state index contributed by atoms with van der Waals surface area (Å²) in [5.41, 5.74) is 6.45. The summed E-state index contributed by atoms with van der Waals surface area (Å²) in [5.74, 6) is 0.373. The van der Waals surface area contributed by atoms with Crippen LogP contribution in [0, 0.1) is 6.92 Å². The zero-order valence-electron chi connectivity index (χ0n) is 16.9. The van der Waals surface area contributed by atoms with Gasteiger partial charge in [-0.05, 0) is 48.9 Å². The normalized spacial score (nSPS) is 11.0. The molecule has 1 N–H and O–H groups in total. The molecule has 1 heterocycles. The van der Waals surface area contributed by atoms with Crippen molar-refractivity contribution in [1.29, 1.82) is 0 Å². The van der Waals surface area contributed by atoms with Gasteiger partial charge in [0, 0.05) is 21.7 Å². The molecular formula is C25H20ClN3O2. The number of amides is 1. The van der Waals surface area contributed by atoms with Gasteiger partial charge in [0.15, 0.2) is 0 Å². The minimum Gasteiger partial charge on any atom is -0.488 e. The number of benzene rings is 3. The molecule has 0 spiro atoms. The van der Waals surface area contributed by atoms with E-state index in [1.54, 1.807) is 12.3 Å². The lowest BCUT2D eigenvalue weighted by Crippen LogP contribution is -2.18. The molecule has 0 unspecified atom stereocenters. The maximum absolute atomic E-state index is 12.7. The summed E-state index contributed by atoms with van der Waals surface area (Å²) in [6.45, 7) is 2.26. The second-order valence-corrected chi connectivity index (χ2v) is 7.42. The average molecular weight is 430 g/mol. The molecule has 0 radical (unpaired) electrons. The van der Waals surface area contributed by atoms with Crippen molar-refractivity contribution in [2.75, 3.05) is 0 Å². The SMILES string of the molecule is Cc1cc(C(=O)N/N=C/c2ccccc2OCc2ccc(Cl)cc2)c2ccccc2n1. The number of carbonyl (C=O) groups is 1. The highest BCUT2D eigenvalue weighted by atomic mass is 35.5. The number of carbonyl (C=O) groups excluding carboxylic acids is 1. The van der Waals surface area contributed by atoms with Crippen molar-refractivity contribution in [3.8, 4) is 5.75 Å². The molecule has 0 fully saturated rings. The summed E-state index contributed by atoms with van der Waals surface area (Å²) >= 11 is 5.93. The number of aryl methyl sites for hydroxylation is 1. The van der Waals surface area contributed by atoms with Crippen LogP contribution >= 0.6 is 11.6 Å². The van der Waals surface area contributed by atoms with Gasteiger partial charge in [0.05, 0.1) is 17.3 Å². The third kappa shape index (κ3) is 5.08. The first-order valence-corrected chi connectivity index (χ1v) is 10.1. The van der Waals surface area contributed by atoms with Crippen molar-refractivity contribution < 1.29 is 9.53 Å². The van der Waals surface area contributed by atoms with E-state index in [-0.39, 0.29) is 5.91 Å². The van der Waals surface area contributed by atoms with Crippen LogP contribution in [0.2, 0.25) is 5.02 Å². The summed E-state index contributed by atoms with van der Waals surface area (Å²) in [4.78, 5) is 17.2. The fourth-order valence-electron chi connectivity index (χ4n) is 3.18. The van der Waals surface area contributed by atoms with Crippen LogP contribution in [0.15, 0.2) is 84.0 Å². The van der Waals surface area contributed by atoms with Crippen molar-refractivity contribution in [2.24, 2.45) is 5.10 Å². The van der Waals surface area contributed by atoms with Crippen molar-refractivity contribution in [2.45, 2.75) is 13.5 Å². The molecule has 1 amide bonds. The molecule has 0 bridgehead atoms. The number of para-hydroxylation sites is 2. The van der Waals surface area contributed by atoms with Crippen LogP contribution in [0.1, 0.15) is 27.2 Å². The molecule has 0 saturated carbocycles. The lowest BCUT2D eigenvalue weighted by Gasteiger charge is -2.09. The predicted octanol–water partition coefficient (Wildman–Crippen LogP) is 5.54. The van der Waals surface area contributed by atoms with Crippen LogP contribution in [0.25, 0.3) is 10.9 Å². The maximum Gasteiger partial charge on any atom is 0.272 e. The molecule has 0 aliphatic heterocycles. The Morgan fingerprint density at radius 1 is 1.06 bits per heavy atom. The van der Waals surface area contributed by atoms with Gasteiger partial charge < -0.3 is 4.74 Å². The third-order valence-corrected chi connectivity index (χ3v) is 4.94. The van der Waals surface area contributed by atoms with Gasteiger partial charge in [0.25, 0.3) is 5.91 Å². The molecule has 0 aliphatic rings. The van der Waals surface area contributed by atoms with E-state index in [2.05, 4.69) is 15.5 Å². The van der Waals surface area contributed by atoms with E-state index in [4.69, 9.17) is 16.3 Å². The van der Waals surface area contributed by atoms with Crippen molar-refractivity contribution in [3.05, 3.63) is 106 Å². The van der Waals surface area contributed by atoms with E-state index in [1.165, 1.54) is 0 Å². The first-order chi connectivity index (χ1) is 15.1. The first kappa shape index (κ1) is 20.6.